The first-order chi connectivity index (χ1) is 9.78. The molecule has 1 rings (SSSR count). The third kappa shape index (κ3) is 4.66. The van der Waals surface area contributed by atoms with E-state index in [1.165, 1.54) is 11.3 Å². The van der Waals surface area contributed by atoms with Crippen molar-refractivity contribution >= 4 is 5.69 Å². The first-order valence-corrected chi connectivity index (χ1v) is 7.57. The second-order valence-electron chi connectivity index (χ2n) is 4.93. The van der Waals surface area contributed by atoms with Gasteiger partial charge in [0, 0.05) is 24.8 Å². The average Bonchev–Trinajstić information content (AvgIpc) is 2.48. The Labute approximate surface area is 123 Å². The quantitative estimate of drug-likeness (QED) is 0.645. The zero-order valence-corrected chi connectivity index (χ0v) is 12.8. The smallest absolute Gasteiger partial charge is 0.0606 e. The third-order valence-corrected chi connectivity index (χ3v) is 3.42. The summed E-state index contributed by atoms with van der Waals surface area (Å²) in [6.45, 7) is 10.8. The lowest BCUT2D eigenvalue weighted by atomic mass is 10.0. The third-order valence-electron chi connectivity index (χ3n) is 3.42. The van der Waals surface area contributed by atoms with Crippen LogP contribution in [0.25, 0.3) is 0 Å². The lowest BCUT2D eigenvalue weighted by Gasteiger charge is -2.28. The topological polar surface area (TPSA) is 35.5 Å². The van der Waals surface area contributed by atoms with E-state index in [-0.39, 0.29) is 6.61 Å². The van der Waals surface area contributed by atoms with Gasteiger partial charge >= 0.3 is 0 Å². The molecular formula is C17H28N2O. The van der Waals surface area contributed by atoms with Crippen LogP contribution < -0.4 is 10.2 Å². The predicted molar refractivity (Wildman–Crippen MR) is 87.3 cm³/mol. The Hall–Kier alpha value is -1.32. The number of aliphatic hydroxyl groups is 1. The van der Waals surface area contributed by atoms with E-state index in [2.05, 4.69) is 54.9 Å². The van der Waals surface area contributed by atoms with Gasteiger partial charge in [-0.1, -0.05) is 38.1 Å². The van der Waals surface area contributed by atoms with Gasteiger partial charge in [-0.15, -0.1) is 6.58 Å². The van der Waals surface area contributed by atoms with Crippen LogP contribution in [0.4, 0.5) is 5.69 Å². The van der Waals surface area contributed by atoms with E-state index in [1.807, 2.05) is 6.08 Å². The van der Waals surface area contributed by atoms with Crippen molar-refractivity contribution in [1.29, 1.82) is 0 Å². The molecule has 1 unspecified atom stereocenters. The fourth-order valence-electron chi connectivity index (χ4n) is 2.45. The highest BCUT2D eigenvalue weighted by molar-refractivity contribution is 5.55. The number of aliphatic hydroxyl groups excluding tert-OH is 1. The Kier molecular flexibility index (Phi) is 8.00. The molecule has 0 heterocycles. The minimum atomic E-state index is 0.154. The van der Waals surface area contributed by atoms with Crippen LogP contribution in [-0.4, -0.2) is 31.3 Å². The molecule has 0 spiro atoms. The van der Waals surface area contributed by atoms with Gasteiger partial charge in [-0.2, -0.15) is 0 Å². The van der Waals surface area contributed by atoms with Crippen LogP contribution in [-0.2, 0) is 0 Å². The predicted octanol–water partition coefficient (Wildman–Crippen LogP) is 3.12. The summed E-state index contributed by atoms with van der Waals surface area (Å²) >= 11 is 0. The summed E-state index contributed by atoms with van der Waals surface area (Å²) in [6.07, 6.45) is 4.07. The molecular weight excluding hydrogens is 248 g/mol. The number of hydrogen-bond acceptors (Lipinski definition) is 3. The molecule has 2 N–H and O–H groups in total. The molecule has 0 aliphatic carbocycles. The molecule has 0 amide bonds. The number of hydrogen-bond donors (Lipinski definition) is 2. The lowest BCUT2D eigenvalue weighted by Crippen LogP contribution is -2.30. The van der Waals surface area contributed by atoms with E-state index in [9.17, 15) is 5.11 Å². The highest BCUT2D eigenvalue weighted by atomic mass is 16.3. The number of rotatable bonds is 10. The van der Waals surface area contributed by atoms with Crippen LogP contribution in [0, 0.1) is 0 Å². The molecule has 3 heteroatoms. The van der Waals surface area contributed by atoms with Gasteiger partial charge in [0.25, 0.3) is 0 Å². The molecule has 0 fully saturated rings. The molecule has 0 aromatic heterocycles. The first kappa shape index (κ1) is 16.7. The Morgan fingerprint density at radius 2 is 2.10 bits per heavy atom. The number of nitrogens with one attached hydrogen (secondary N) is 1. The van der Waals surface area contributed by atoms with Gasteiger partial charge in [0.2, 0.25) is 0 Å². The summed E-state index contributed by atoms with van der Waals surface area (Å²) in [5.74, 6) is 0. The second-order valence-corrected chi connectivity index (χ2v) is 4.93. The van der Waals surface area contributed by atoms with Crippen LogP contribution in [0.3, 0.4) is 0 Å². The maximum absolute atomic E-state index is 9.26. The van der Waals surface area contributed by atoms with Crippen LogP contribution in [0.2, 0.25) is 0 Å². The van der Waals surface area contributed by atoms with E-state index in [0.717, 1.165) is 25.9 Å². The highest BCUT2D eigenvalue weighted by Gasteiger charge is 2.16. The van der Waals surface area contributed by atoms with E-state index in [1.54, 1.807) is 0 Å². The molecule has 0 aliphatic rings. The standard InChI is InChI=1S/C17H28N2O/c1-4-11-18-16(6-3)15-9-7-8-10-17(15)19(12-5-2)13-14-20/h5,7-10,16,18,20H,2,4,6,11-14H2,1,3H3. The Bertz CT molecular complexity index is 392. The normalized spacial score (nSPS) is 12.2. The summed E-state index contributed by atoms with van der Waals surface area (Å²) in [4.78, 5) is 2.18. The fraction of sp³-hybridized carbons (Fsp3) is 0.529. The number of nitrogens with zero attached hydrogens (tertiary/aromatic N) is 1. The molecule has 0 saturated heterocycles. The zero-order chi connectivity index (χ0) is 14.8. The van der Waals surface area contributed by atoms with Crippen molar-refractivity contribution < 1.29 is 5.11 Å². The number of benzene rings is 1. The van der Waals surface area contributed by atoms with E-state index < -0.39 is 0 Å². The molecule has 1 aromatic carbocycles. The SMILES string of the molecule is C=CCN(CCO)c1ccccc1C(CC)NCCC. The maximum atomic E-state index is 9.26. The zero-order valence-electron chi connectivity index (χ0n) is 12.8. The Morgan fingerprint density at radius 3 is 2.70 bits per heavy atom. The number of para-hydroxylation sites is 1. The van der Waals surface area contributed by atoms with Gasteiger partial charge in [-0.25, -0.2) is 0 Å². The van der Waals surface area contributed by atoms with Crippen molar-refractivity contribution in [3.05, 3.63) is 42.5 Å². The maximum Gasteiger partial charge on any atom is 0.0606 e. The number of anilines is 1. The van der Waals surface area contributed by atoms with Crippen molar-refractivity contribution in [2.75, 3.05) is 31.1 Å². The molecule has 1 atom stereocenters. The molecule has 112 valence electrons. The van der Waals surface area contributed by atoms with Gasteiger partial charge in [0.05, 0.1) is 6.61 Å². The van der Waals surface area contributed by atoms with Crippen molar-refractivity contribution in [2.45, 2.75) is 32.7 Å². The van der Waals surface area contributed by atoms with Crippen molar-refractivity contribution in [1.82, 2.24) is 5.32 Å². The summed E-state index contributed by atoms with van der Waals surface area (Å²) in [5, 5.41) is 12.9. The lowest BCUT2D eigenvalue weighted by molar-refractivity contribution is 0.303. The first-order valence-electron chi connectivity index (χ1n) is 7.57. The minimum absolute atomic E-state index is 0.154. The summed E-state index contributed by atoms with van der Waals surface area (Å²) in [6, 6.07) is 8.81. The monoisotopic (exact) mass is 276 g/mol. The van der Waals surface area contributed by atoms with E-state index in [0.29, 0.717) is 12.6 Å². The van der Waals surface area contributed by atoms with Gasteiger partial charge in [0.15, 0.2) is 0 Å². The minimum Gasteiger partial charge on any atom is -0.395 e. The fourth-order valence-corrected chi connectivity index (χ4v) is 2.45. The molecule has 0 saturated carbocycles. The molecule has 3 nitrogen and oxygen atoms in total. The summed E-state index contributed by atoms with van der Waals surface area (Å²) < 4.78 is 0. The Morgan fingerprint density at radius 1 is 1.35 bits per heavy atom. The van der Waals surface area contributed by atoms with Crippen LogP contribution in [0.5, 0.6) is 0 Å². The molecule has 0 radical (unpaired) electrons. The van der Waals surface area contributed by atoms with Crippen molar-refractivity contribution in [3.8, 4) is 0 Å². The summed E-state index contributed by atoms with van der Waals surface area (Å²) in [5.41, 5.74) is 2.50. The van der Waals surface area contributed by atoms with Crippen molar-refractivity contribution in [3.63, 3.8) is 0 Å². The molecule has 20 heavy (non-hydrogen) atoms. The van der Waals surface area contributed by atoms with Gasteiger partial charge in [-0.3, -0.25) is 0 Å². The van der Waals surface area contributed by atoms with Crippen LogP contribution in [0.1, 0.15) is 38.3 Å². The van der Waals surface area contributed by atoms with Gasteiger partial charge in [0.1, 0.15) is 0 Å². The van der Waals surface area contributed by atoms with E-state index in [4.69, 9.17) is 0 Å². The molecule has 1 aromatic rings. The van der Waals surface area contributed by atoms with E-state index >= 15 is 0 Å². The van der Waals surface area contributed by atoms with Gasteiger partial charge < -0.3 is 15.3 Å². The van der Waals surface area contributed by atoms with Crippen molar-refractivity contribution in [2.24, 2.45) is 0 Å². The second kappa shape index (κ2) is 9.56. The van der Waals surface area contributed by atoms with Crippen LogP contribution in [0.15, 0.2) is 36.9 Å². The largest absolute Gasteiger partial charge is 0.395 e. The van der Waals surface area contributed by atoms with Gasteiger partial charge in [-0.05, 0) is 31.0 Å². The Balaban J connectivity index is 3.02. The summed E-state index contributed by atoms with van der Waals surface area (Å²) in [7, 11) is 0. The van der Waals surface area contributed by atoms with Crippen LogP contribution >= 0.6 is 0 Å². The molecule has 0 aliphatic heterocycles. The highest BCUT2D eigenvalue weighted by Crippen LogP contribution is 2.28. The molecule has 0 bridgehead atoms. The average molecular weight is 276 g/mol.